The lowest BCUT2D eigenvalue weighted by atomic mass is 9.89. The van der Waals surface area contributed by atoms with E-state index in [1.807, 2.05) is 0 Å². The van der Waals surface area contributed by atoms with Gasteiger partial charge in [-0.2, -0.15) is 18.4 Å². The monoisotopic (exact) mass is 256 g/mol. The topological polar surface area (TPSA) is 56.0 Å². The van der Waals surface area contributed by atoms with Crippen molar-refractivity contribution in [3.8, 4) is 6.07 Å². The first kappa shape index (κ1) is 12.7. The maximum Gasteiger partial charge on any atom is 0.416 e. The molecule has 1 aliphatic rings. The van der Waals surface area contributed by atoms with Crippen LogP contribution in [-0.4, -0.2) is 17.3 Å². The molecule has 0 amide bonds. The second-order valence-electron chi connectivity index (χ2n) is 4.34. The van der Waals surface area contributed by atoms with Gasteiger partial charge in [0.1, 0.15) is 6.07 Å². The fourth-order valence-corrected chi connectivity index (χ4v) is 1.86. The number of benzene rings is 1. The molecule has 1 saturated carbocycles. The van der Waals surface area contributed by atoms with Crippen LogP contribution in [0.2, 0.25) is 0 Å². The van der Waals surface area contributed by atoms with E-state index in [1.54, 1.807) is 6.07 Å². The van der Waals surface area contributed by atoms with Gasteiger partial charge in [-0.3, -0.25) is 0 Å². The van der Waals surface area contributed by atoms with Crippen LogP contribution in [0.5, 0.6) is 0 Å². The molecule has 0 radical (unpaired) electrons. The summed E-state index contributed by atoms with van der Waals surface area (Å²) in [4.78, 5) is 0. The number of aliphatic hydroxyl groups excluding tert-OH is 1. The highest BCUT2D eigenvalue weighted by Gasteiger charge is 2.32. The maximum atomic E-state index is 12.5. The fraction of sp³-hybridized carbons (Fsp3) is 0.417. The molecule has 0 spiro atoms. The van der Waals surface area contributed by atoms with Crippen LogP contribution in [0, 0.1) is 11.3 Å². The average molecular weight is 256 g/mol. The first-order chi connectivity index (χ1) is 8.40. The predicted octanol–water partition coefficient (Wildman–Crippen LogP) is 2.51. The Labute approximate surface area is 102 Å². The summed E-state index contributed by atoms with van der Waals surface area (Å²) >= 11 is 0. The highest BCUT2D eigenvalue weighted by Crippen LogP contribution is 2.33. The van der Waals surface area contributed by atoms with Crippen LogP contribution in [0.15, 0.2) is 18.2 Å². The molecule has 0 unspecified atom stereocenters. The van der Waals surface area contributed by atoms with Crippen LogP contribution < -0.4 is 5.32 Å². The quantitative estimate of drug-likeness (QED) is 0.854. The lowest BCUT2D eigenvalue weighted by Gasteiger charge is -2.33. The van der Waals surface area contributed by atoms with E-state index in [4.69, 9.17) is 10.4 Å². The number of nitrogens with one attached hydrogen (secondary N) is 1. The molecular weight excluding hydrogens is 245 g/mol. The van der Waals surface area contributed by atoms with Crippen molar-refractivity contribution in [3.63, 3.8) is 0 Å². The Bertz CT molecular complexity index is 487. The lowest BCUT2D eigenvalue weighted by Crippen LogP contribution is -2.39. The molecule has 6 heteroatoms. The Morgan fingerprint density at radius 2 is 2.00 bits per heavy atom. The zero-order chi connectivity index (χ0) is 13.3. The van der Waals surface area contributed by atoms with Gasteiger partial charge in [0, 0.05) is 6.04 Å². The molecule has 0 saturated heterocycles. The lowest BCUT2D eigenvalue weighted by molar-refractivity contribution is -0.137. The van der Waals surface area contributed by atoms with E-state index in [0.717, 1.165) is 12.1 Å². The molecule has 0 aliphatic heterocycles. The van der Waals surface area contributed by atoms with Crippen LogP contribution in [0.3, 0.4) is 0 Å². The van der Waals surface area contributed by atoms with E-state index in [1.165, 1.54) is 6.07 Å². The van der Waals surface area contributed by atoms with Crippen molar-refractivity contribution in [2.75, 3.05) is 5.32 Å². The van der Waals surface area contributed by atoms with Gasteiger partial charge in [-0.25, -0.2) is 0 Å². The number of anilines is 1. The van der Waals surface area contributed by atoms with Crippen molar-refractivity contribution in [1.29, 1.82) is 5.26 Å². The van der Waals surface area contributed by atoms with E-state index in [2.05, 4.69) is 5.32 Å². The molecule has 18 heavy (non-hydrogen) atoms. The molecule has 2 N–H and O–H groups in total. The number of halogens is 3. The Hall–Kier alpha value is -1.74. The number of hydrogen-bond donors (Lipinski definition) is 2. The number of rotatable bonds is 2. The molecular formula is C12H11F3N2O. The highest BCUT2D eigenvalue weighted by molar-refractivity contribution is 5.59. The maximum absolute atomic E-state index is 12.5. The van der Waals surface area contributed by atoms with Crippen LogP contribution in [0.25, 0.3) is 0 Å². The first-order valence-electron chi connectivity index (χ1n) is 5.46. The van der Waals surface area contributed by atoms with Gasteiger partial charge in [0.05, 0.1) is 22.9 Å². The minimum atomic E-state index is -4.45. The van der Waals surface area contributed by atoms with Crippen molar-refractivity contribution < 1.29 is 18.3 Å². The van der Waals surface area contributed by atoms with Crippen molar-refractivity contribution >= 4 is 5.69 Å². The number of nitrogens with zero attached hydrogens (tertiary/aromatic N) is 1. The van der Waals surface area contributed by atoms with Gasteiger partial charge in [0.2, 0.25) is 0 Å². The van der Waals surface area contributed by atoms with Crippen molar-refractivity contribution in [3.05, 3.63) is 29.3 Å². The predicted molar refractivity (Wildman–Crippen MR) is 58.8 cm³/mol. The highest BCUT2D eigenvalue weighted by atomic mass is 19.4. The smallest absolute Gasteiger partial charge is 0.393 e. The molecule has 1 aromatic rings. The zero-order valence-electron chi connectivity index (χ0n) is 9.33. The summed E-state index contributed by atoms with van der Waals surface area (Å²) in [6.07, 6.45) is -3.71. The number of aliphatic hydroxyl groups is 1. The van der Waals surface area contributed by atoms with E-state index < -0.39 is 11.7 Å². The molecule has 0 atom stereocenters. The summed E-state index contributed by atoms with van der Waals surface area (Å²) in [6, 6.07) is 4.79. The minimum absolute atomic E-state index is 0.0174. The van der Waals surface area contributed by atoms with E-state index in [0.29, 0.717) is 18.5 Å². The molecule has 0 aromatic heterocycles. The second-order valence-corrected chi connectivity index (χ2v) is 4.34. The normalized spacial score (nSPS) is 23.1. The summed E-state index contributed by atoms with van der Waals surface area (Å²) in [7, 11) is 0. The number of nitriles is 1. The van der Waals surface area contributed by atoms with Gasteiger partial charge >= 0.3 is 6.18 Å². The molecule has 1 fully saturated rings. The van der Waals surface area contributed by atoms with Crippen LogP contribution in [0.4, 0.5) is 18.9 Å². The van der Waals surface area contributed by atoms with Gasteiger partial charge in [0.25, 0.3) is 0 Å². The first-order valence-corrected chi connectivity index (χ1v) is 5.46. The average Bonchev–Trinajstić information content (AvgIpc) is 2.26. The zero-order valence-corrected chi connectivity index (χ0v) is 9.33. The molecule has 2 rings (SSSR count). The Morgan fingerprint density at radius 1 is 1.33 bits per heavy atom. The molecule has 1 aliphatic carbocycles. The van der Waals surface area contributed by atoms with Gasteiger partial charge in [-0.15, -0.1) is 0 Å². The Kier molecular flexibility index (Phi) is 3.18. The van der Waals surface area contributed by atoms with E-state index in [-0.39, 0.29) is 17.7 Å². The van der Waals surface area contributed by atoms with Crippen molar-refractivity contribution in [2.45, 2.75) is 31.2 Å². The summed E-state index contributed by atoms with van der Waals surface area (Å²) in [5.74, 6) is 0. The van der Waals surface area contributed by atoms with Gasteiger partial charge in [-0.05, 0) is 31.0 Å². The van der Waals surface area contributed by atoms with Gasteiger partial charge in [-0.1, -0.05) is 0 Å². The molecule has 1 aromatic carbocycles. The third-order valence-corrected chi connectivity index (χ3v) is 2.94. The molecule has 0 bridgehead atoms. The van der Waals surface area contributed by atoms with Crippen LogP contribution in [0.1, 0.15) is 24.0 Å². The van der Waals surface area contributed by atoms with E-state index >= 15 is 0 Å². The SMILES string of the molecule is N#Cc1cc(C(F)(F)F)ccc1NC1CC(O)C1. The summed E-state index contributed by atoms with van der Waals surface area (Å²) in [5.41, 5.74) is -0.494. The molecule has 96 valence electrons. The number of hydrogen-bond acceptors (Lipinski definition) is 3. The van der Waals surface area contributed by atoms with Crippen molar-refractivity contribution in [2.24, 2.45) is 0 Å². The largest absolute Gasteiger partial charge is 0.416 e. The molecule has 0 heterocycles. The second kappa shape index (κ2) is 4.50. The summed E-state index contributed by atoms with van der Waals surface area (Å²) < 4.78 is 37.4. The van der Waals surface area contributed by atoms with Gasteiger partial charge in [0.15, 0.2) is 0 Å². The minimum Gasteiger partial charge on any atom is -0.393 e. The Balaban J connectivity index is 2.19. The van der Waals surface area contributed by atoms with Crippen molar-refractivity contribution in [1.82, 2.24) is 0 Å². The summed E-state index contributed by atoms with van der Waals surface area (Å²) in [6.45, 7) is 0. The fourth-order valence-electron chi connectivity index (χ4n) is 1.86. The molecule has 3 nitrogen and oxygen atoms in total. The van der Waals surface area contributed by atoms with Crippen LogP contribution in [-0.2, 0) is 6.18 Å². The van der Waals surface area contributed by atoms with Crippen LogP contribution >= 0.6 is 0 Å². The summed E-state index contributed by atoms with van der Waals surface area (Å²) in [5, 5.41) is 20.9. The van der Waals surface area contributed by atoms with E-state index in [9.17, 15) is 13.2 Å². The number of alkyl halides is 3. The Morgan fingerprint density at radius 3 is 2.50 bits per heavy atom. The van der Waals surface area contributed by atoms with Gasteiger partial charge < -0.3 is 10.4 Å². The third-order valence-electron chi connectivity index (χ3n) is 2.94. The third kappa shape index (κ3) is 2.57. The standard InChI is InChI=1S/C12H11F3N2O/c13-12(14,15)8-1-2-11(7(3-8)6-16)17-9-4-10(18)5-9/h1-3,9-10,17-18H,4-5H2.